The third-order valence-electron chi connectivity index (χ3n) is 4.46. The lowest BCUT2D eigenvalue weighted by Gasteiger charge is -2.28. The molecule has 1 atom stereocenters. The summed E-state index contributed by atoms with van der Waals surface area (Å²) in [5.74, 6) is -0.0446. The molecule has 0 aromatic carbocycles. The molecule has 116 valence electrons. The maximum absolute atomic E-state index is 12.4. The first kappa shape index (κ1) is 15.6. The minimum Gasteiger partial charge on any atom is -0.480 e. The van der Waals surface area contributed by atoms with Gasteiger partial charge >= 0.3 is 5.97 Å². The van der Waals surface area contributed by atoms with E-state index in [1.165, 1.54) is 0 Å². The molecule has 1 amide bonds. The monoisotopic (exact) mass is 293 g/mol. The van der Waals surface area contributed by atoms with Gasteiger partial charge in [-0.2, -0.15) is 0 Å². The highest BCUT2D eigenvalue weighted by Gasteiger charge is 2.32. The Hall–Kier alpha value is -1.78. The van der Waals surface area contributed by atoms with Gasteiger partial charge in [0.05, 0.1) is 5.56 Å². The lowest BCUT2D eigenvalue weighted by atomic mass is 9.83. The molecule has 1 aliphatic carbocycles. The van der Waals surface area contributed by atoms with Gasteiger partial charge in [-0.25, -0.2) is 4.79 Å². The predicted molar refractivity (Wildman–Crippen MR) is 78.4 cm³/mol. The van der Waals surface area contributed by atoms with Crippen molar-refractivity contribution in [3.8, 4) is 0 Å². The summed E-state index contributed by atoms with van der Waals surface area (Å²) < 4.78 is 5.45. The first-order valence-electron chi connectivity index (χ1n) is 7.52. The maximum atomic E-state index is 12.4. The van der Waals surface area contributed by atoms with E-state index in [0.29, 0.717) is 17.1 Å². The Labute approximate surface area is 124 Å². The van der Waals surface area contributed by atoms with Gasteiger partial charge in [0.1, 0.15) is 17.6 Å². The Balaban J connectivity index is 2.16. The highest BCUT2D eigenvalue weighted by Crippen LogP contribution is 2.27. The average molecular weight is 293 g/mol. The molecule has 21 heavy (non-hydrogen) atoms. The number of aryl methyl sites for hydroxylation is 2. The number of hydrogen-bond acceptors (Lipinski definition) is 3. The lowest BCUT2D eigenvalue weighted by Crippen LogP contribution is -2.46. The van der Waals surface area contributed by atoms with Gasteiger partial charge in [0.25, 0.3) is 5.91 Å². The molecular formula is C16H23NO4. The summed E-state index contributed by atoms with van der Waals surface area (Å²) in [5, 5.41) is 12.1. The van der Waals surface area contributed by atoms with Crippen LogP contribution in [-0.2, 0) is 4.79 Å². The number of amides is 1. The molecule has 1 fully saturated rings. The normalized spacial score (nSPS) is 17.5. The van der Waals surface area contributed by atoms with E-state index < -0.39 is 12.0 Å². The molecule has 0 bridgehead atoms. The Kier molecular flexibility index (Phi) is 4.70. The fourth-order valence-corrected chi connectivity index (χ4v) is 3.19. The third kappa shape index (κ3) is 3.28. The van der Waals surface area contributed by atoms with Crippen molar-refractivity contribution in [2.24, 2.45) is 5.92 Å². The molecule has 1 aromatic rings. The van der Waals surface area contributed by atoms with E-state index >= 15 is 0 Å². The predicted octanol–water partition coefficient (Wildman–Crippen LogP) is 2.97. The van der Waals surface area contributed by atoms with Gasteiger partial charge in [0.2, 0.25) is 0 Å². The summed E-state index contributed by atoms with van der Waals surface area (Å²) in [6, 6.07) is -0.813. The van der Waals surface area contributed by atoms with Crippen LogP contribution in [0.15, 0.2) is 4.42 Å². The minimum atomic E-state index is -0.953. The Morgan fingerprint density at radius 3 is 2.24 bits per heavy atom. The number of nitrogens with one attached hydrogen (secondary N) is 1. The average Bonchev–Trinajstić information content (AvgIpc) is 2.70. The molecule has 1 aliphatic rings. The molecule has 2 rings (SSSR count). The second kappa shape index (κ2) is 6.33. The standard InChI is InChI=1S/C16H23NO4/c1-9-10(2)21-11(3)13(9)15(18)17-14(16(19)20)12-7-5-4-6-8-12/h12,14H,4-8H2,1-3H3,(H,17,18)(H,19,20). The van der Waals surface area contributed by atoms with Crippen molar-refractivity contribution < 1.29 is 19.1 Å². The van der Waals surface area contributed by atoms with Gasteiger partial charge in [0.15, 0.2) is 0 Å². The van der Waals surface area contributed by atoms with Crippen molar-refractivity contribution in [3.63, 3.8) is 0 Å². The van der Waals surface area contributed by atoms with E-state index in [0.717, 1.165) is 37.7 Å². The first-order valence-corrected chi connectivity index (χ1v) is 7.52. The fraction of sp³-hybridized carbons (Fsp3) is 0.625. The molecule has 5 heteroatoms. The molecule has 0 spiro atoms. The van der Waals surface area contributed by atoms with Crippen molar-refractivity contribution in [2.45, 2.75) is 58.9 Å². The van der Waals surface area contributed by atoms with Crippen LogP contribution in [-0.4, -0.2) is 23.0 Å². The van der Waals surface area contributed by atoms with E-state index in [9.17, 15) is 14.7 Å². The van der Waals surface area contributed by atoms with Crippen LogP contribution >= 0.6 is 0 Å². The van der Waals surface area contributed by atoms with Crippen LogP contribution in [0.1, 0.15) is 59.5 Å². The number of hydrogen-bond donors (Lipinski definition) is 2. The summed E-state index contributed by atoms with van der Waals surface area (Å²) in [6.45, 7) is 5.34. The summed E-state index contributed by atoms with van der Waals surface area (Å²) in [5.41, 5.74) is 1.24. The van der Waals surface area contributed by atoms with Crippen molar-refractivity contribution >= 4 is 11.9 Å². The molecule has 5 nitrogen and oxygen atoms in total. The van der Waals surface area contributed by atoms with E-state index in [2.05, 4.69) is 5.32 Å². The largest absolute Gasteiger partial charge is 0.480 e. The van der Waals surface area contributed by atoms with Crippen LogP contribution in [0.4, 0.5) is 0 Å². The molecule has 1 aromatic heterocycles. The van der Waals surface area contributed by atoms with Crippen molar-refractivity contribution in [2.75, 3.05) is 0 Å². The Bertz CT molecular complexity index is 541. The minimum absolute atomic E-state index is 0.0220. The summed E-state index contributed by atoms with van der Waals surface area (Å²) in [4.78, 5) is 23.9. The summed E-state index contributed by atoms with van der Waals surface area (Å²) in [6.07, 6.45) is 4.94. The van der Waals surface area contributed by atoms with Gasteiger partial charge in [0, 0.05) is 5.56 Å². The molecule has 1 heterocycles. The molecule has 0 saturated heterocycles. The summed E-state index contributed by atoms with van der Waals surface area (Å²) >= 11 is 0. The zero-order valence-electron chi connectivity index (χ0n) is 12.9. The fourth-order valence-electron chi connectivity index (χ4n) is 3.19. The Morgan fingerprint density at radius 1 is 1.14 bits per heavy atom. The van der Waals surface area contributed by atoms with E-state index in [4.69, 9.17) is 4.42 Å². The van der Waals surface area contributed by atoms with Crippen LogP contribution in [0, 0.1) is 26.7 Å². The molecule has 2 N–H and O–H groups in total. The zero-order valence-corrected chi connectivity index (χ0v) is 12.9. The van der Waals surface area contributed by atoms with Gasteiger partial charge in [-0.05, 0) is 39.5 Å². The number of aliphatic carboxylic acids is 1. The number of furan rings is 1. The smallest absolute Gasteiger partial charge is 0.326 e. The second-order valence-corrected chi connectivity index (χ2v) is 5.90. The summed E-state index contributed by atoms with van der Waals surface area (Å²) in [7, 11) is 0. The molecular weight excluding hydrogens is 270 g/mol. The molecule has 1 saturated carbocycles. The lowest BCUT2D eigenvalue weighted by molar-refractivity contribution is -0.141. The molecule has 0 aliphatic heterocycles. The number of carbonyl (C=O) groups excluding carboxylic acids is 1. The van der Waals surface area contributed by atoms with Crippen LogP contribution in [0.3, 0.4) is 0 Å². The van der Waals surface area contributed by atoms with Crippen molar-refractivity contribution in [1.82, 2.24) is 5.32 Å². The van der Waals surface area contributed by atoms with Gasteiger partial charge in [-0.3, -0.25) is 4.79 Å². The SMILES string of the molecule is Cc1oc(C)c(C(=O)NC(C(=O)O)C2CCCCC2)c1C. The number of carboxylic acid groups (broad SMARTS) is 1. The van der Waals surface area contributed by atoms with Gasteiger partial charge < -0.3 is 14.8 Å². The van der Waals surface area contributed by atoms with Crippen LogP contribution in [0.25, 0.3) is 0 Å². The topological polar surface area (TPSA) is 79.5 Å². The maximum Gasteiger partial charge on any atom is 0.326 e. The number of rotatable bonds is 4. The zero-order chi connectivity index (χ0) is 15.6. The van der Waals surface area contributed by atoms with E-state index in [-0.39, 0.29) is 11.8 Å². The van der Waals surface area contributed by atoms with Crippen molar-refractivity contribution in [3.05, 3.63) is 22.6 Å². The van der Waals surface area contributed by atoms with Crippen LogP contribution in [0.2, 0.25) is 0 Å². The first-order chi connectivity index (χ1) is 9.91. The van der Waals surface area contributed by atoms with E-state index in [1.54, 1.807) is 13.8 Å². The van der Waals surface area contributed by atoms with E-state index in [1.807, 2.05) is 6.92 Å². The van der Waals surface area contributed by atoms with Gasteiger partial charge in [-0.1, -0.05) is 19.3 Å². The third-order valence-corrected chi connectivity index (χ3v) is 4.46. The highest BCUT2D eigenvalue weighted by molar-refractivity contribution is 5.98. The molecule has 1 unspecified atom stereocenters. The van der Waals surface area contributed by atoms with Gasteiger partial charge in [-0.15, -0.1) is 0 Å². The van der Waals surface area contributed by atoms with Crippen LogP contribution < -0.4 is 5.32 Å². The number of carbonyl (C=O) groups is 2. The molecule has 0 radical (unpaired) electrons. The highest BCUT2D eigenvalue weighted by atomic mass is 16.4. The second-order valence-electron chi connectivity index (χ2n) is 5.90. The van der Waals surface area contributed by atoms with Crippen LogP contribution in [0.5, 0.6) is 0 Å². The quantitative estimate of drug-likeness (QED) is 0.894. The van der Waals surface area contributed by atoms with Crippen molar-refractivity contribution in [1.29, 1.82) is 0 Å². The Morgan fingerprint density at radius 2 is 1.76 bits per heavy atom. The number of carboxylic acids is 1.